The molecule has 7 heteroatoms. The molecule has 0 aliphatic carbocycles. The fourth-order valence-electron chi connectivity index (χ4n) is 1.56. The molecule has 1 rings (SSSR count). The molecule has 0 atom stereocenters. The summed E-state index contributed by atoms with van der Waals surface area (Å²) in [6, 6.07) is 3.42. The van der Waals surface area contributed by atoms with Crippen molar-refractivity contribution in [2.45, 2.75) is 37.0 Å². The minimum atomic E-state index is -3.46. The maximum atomic E-state index is 12.1. The standard InChI is InChI=1S/C12H22N2O3S2/c1-4-17-12(2,3)9-14-19(15,16)11-6-5-10(18-11)7-8-13/h5-6,14H,4,7-9,13H2,1-3H3. The lowest BCUT2D eigenvalue weighted by molar-refractivity contribution is -0.00514. The molecule has 3 N–H and O–H groups in total. The second-order valence-corrected chi connectivity index (χ2v) is 7.94. The number of rotatable bonds is 8. The zero-order chi connectivity index (χ0) is 14.5. The van der Waals surface area contributed by atoms with Crippen LogP contribution in [0.1, 0.15) is 25.6 Å². The molecule has 0 radical (unpaired) electrons. The molecule has 0 saturated carbocycles. The fourth-order valence-corrected chi connectivity index (χ4v) is 4.18. The van der Waals surface area contributed by atoms with Crippen LogP contribution >= 0.6 is 11.3 Å². The van der Waals surface area contributed by atoms with E-state index in [1.54, 1.807) is 12.1 Å². The highest BCUT2D eigenvalue weighted by Crippen LogP contribution is 2.22. The zero-order valence-electron chi connectivity index (χ0n) is 11.6. The predicted octanol–water partition coefficient (Wildman–Crippen LogP) is 1.34. The smallest absolute Gasteiger partial charge is 0.250 e. The monoisotopic (exact) mass is 306 g/mol. The minimum absolute atomic E-state index is 0.243. The van der Waals surface area contributed by atoms with E-state index in [0.717, 1.165) is 4.88 Å². The predicted molar refractivity (Wildman–Crippen MR) is 78.0 cm³/mol. The SMILES string of the molecule is CCOC(C)(C)CNS(=O)(=O)c1ccc(CCN)s1. The summed E-state index contributed by atoms with van der Waals surface area (Å²) in [5, 5.41) is 0. The lowest BCUT2D eigenvalue weighted by atomic mass is 10.1. The Morgan fingerprint density at radius 1 is 1.42 bits per heavy atom. The van der Waals surface area contributed by atoms with Gasteiger partial charge in [0.2, 0.25) is 10.0 Å². The van der Waals surface area contributed by atoms with Gasteiger partial charge in [-0.05, 0) is 45.9 Å². The Morgan fingerprint density at radius 2 is 2.11 bits per heavy atom. The van der Waals surface area contributed by atoms with Crippen molar-refractivity contribution in [1.82, 2.24) is 4.72 Å². The fraction of sp³-hybridized carbons (Fsp3) is 0.667. The molecule has 0 bridgehead atoms. The number of hydrogen-bond donors (Lipinski definition) is 2. The molecule has 0 aliphatic heterocycles. The van der Waals surface area contributed by atoms with Crippen LogP contribution in [0.3, 0.4) is 0 Å². The van der Waals surface area contributed by atoms with Crippen molar-refractivity contribution in [3.05, 3.63) is 17.0 Å². The van der Waals surface area contributed by atoms with Crippen LogP contribution in [0.4, 0.5) is 0 Å². The molecular formula is C12H22N2O3S2. The Bertz CT molecular complexity index is 495. The molecule has 1 heterocycles. The number of hydrogen-bond acceptors (Lipinski definition) is 5. The Kier molecular flexibility index (Phi) is 5.94. The van der Waals surface area contributed by atoms with Crippen molar-refractivity contribution >= 4 is 21.4 Å². The molecule has 1 aromatic heterocycles. The van der Waals surface area contributed by atoms with Gasteiger partial charge in [-0.2, -0.15) is 0 Å². The van der Waals surface area contributed by atoms with Crippen LogP contribution in [-0.4, -0.2) is 33.7 Å². The van der Waals surface area contributed by atoms with E-state index in [0.29, 0.717) is 23.8 Å². The van der Waals surface area contributed by atoms with E-state index >= 15 is 0 Å². The molecule has 0 fully saturated rings. The average Bonchev–Trinajstić information content (AvgIpc) is 2.77. The number of nitrogens with two attached hydrogens (primary N) is 1. The number of nitrogens with one attached hydrogen (secondary N) is 1. The maximum absolute atomic E-state index is 12.1. The van der Waals surface area contributed by atoms with Gasteiger partial charge in [0.05, 0.1) is 5.60 Å². The first-order chi connectivity index (χ1) is 8.80. The molecule has 110 valence electrons. The highest BCUT2D eigenvalue weighted by molar-refractivity contribution is 7.91. The van der Waals surface area contributed by atoms with Crippen LogP contribution in [-0.2, 0) is 21.2 Å². The third-order valence-corrected chi connectivity index (χ3v) is 5.55. The largest absolute Gasteiger partial charge is 0.375 e. The van der Waals surface area contributed by atoms with Gasteiger partial charge in [-0.15, -0.1) is 11.3 Å². The van der Waals surface area contributed by atoms with Gasteiger partial charge >= 0.3 is 0 Å². The van der Waals surface area contributed by atoms with Crippen molar-refractivity contribution in [3.8, 4) is 0 Å². The normalized spacial score (nSPS) is 12.8. The van der Waals surface area contributed by atoms with Crippen LogP contribution in [0.15, 0.2) is 16.3 Å². The summed E-state index contributed by atoms with van der Waals surface area (Å²) in [6.45, 7) is 6.90. The van der Waals surface area contributed by atoms with E-state index in [4.69, 9.17) is 10.5 Å². The first-order valence-electron chi connectivity index (χ1n) is 6.23. The van der Waals surface area contributed by atoms with Crippen molar-refractivity contribution in [3.63, 3.8) is 0 Å². The molecule has 0 amide bonds. The van der Waals surface area contributed by atoms with E-state index < -0.39 is 15.6 Å². The van der Waals surface area contributed by atoms with Gasteiger partial charge in [0.15, 0.2) is 0 Å². The second-order valence-electron chi connectivity index (χ2n) is 4.78. The van der Waals surface area contributed by atoms with E-state index in [9.17, 15) is 8.42 Å². The van der Waals surface area contributed by atoms with Gasteiger partial charge in [0, 0.05) is 18.0 Å². The van der Waals surface area contributed by atoms with Crippen LogP contribution in [0.2, 0.25) is 0 Å². The van der Waals surface area contributed by atoms with Crippen LogP contribution in [0.25, 0.3) is 0 Å². The quantitative estimate of drug-likeness (QED) is 0.759. The number of sulfonamides is 1. The van der Waals surface area contributed by atoms with Gasteiger partial charge in [0.25, 0.3) is 0 Å². The summed E-state index contributed by atoms with van der Waals surface area (Å²) < 4.78 is 32.6. The van der Waals surface area contributed by atoms with Crippen molar-refractivity contribution in [1.29, 1.82) is 0 Å². The second kappa shape index (κ2) is 6.81. The van der Waals surface area contributed by atoms with Crippen molar-refractivity contribution in [2.75, 3.05) is 19.7 Å². The maximum Gasteiger partial charge on any atom is 0.250 e. The Morgan fingerprint density at radius 3 is 2.68 bits per heavy atom. The Labute approximate surface area is 119 Å². The third kappa shape index (κ3) is 5.19. The molecule has 0 saturated heterocycles. The van der Waals surface area contributed by atoms with E-state index in [1.165, 1.54) is 11.3 Å². The van der Waals surface area contributed by atoms with E-state index in [1.807, 2.05) is 20.8 Å². The molecular weight excluding hydrogens is 284 g/mol. The highest BCUT2D eigenvalue weighted by atomic mass is 32.2. The summed E-state index contributed by atoms with van der Waals surface area (Å²) in [7, 11) is -3.46. The molecule has 0 spiro atoms. The molecule has 0 unspecified atom stereocenters. The van der Waals surface area contributed by atoms with Crippen molar-refractivity contribution in [2.24, 2.45) is 5.73 Å². The lowest BCUT2D eigenvalue weighted by Crippen LogP contribution is -2.40. The summed E-state index contributed by atoms with van der Waals surface area (Å²) >= 11 is 1.26. The summed E-state index contributed by atoms with van der Waals surface area (Å²) in [6.07, 6.45) is 0.699. The summed E-state index contributed by atoms with van der Waals surface area (Å²) in [5.74, 6) is 0. The summed E-state index contributed by atoms with van der Waals surface area (Å²) in [4.78, 5) is 0.979. The topological polar surface area (TPSA) is 81.4 Å². The molecule has 1 aromatic rings. The minimum Gasteiger partial charge on any atom is -0.375 e. The molecule has 0 aliphatic rings. The van der Waals surface area contributed by atoms with Gasteiger partial charge in [-0.3, -0.25) is 0 Å². The van der Waals surface area contributed by atoms with Crippen LogP contribution in [0, 0.1) is 0 Å². The first kappa shape index (κ1) is 16.6. The van der Waals surface area contributed by atoms with Crippen LogP contribution in [0.5, 0.6) is 0 Å². The first-order valence-corrected chi connectivity index (χ1v) is 8.53. The molecule has 5 nitrogen and oxygen atoms in total. The zero-order valence-corrected chi connectivity index (χ0v) is 13.2. The lowest BCUT2D eigenvalue weighted by Gasteiger charge is -2.24. The molecule has 0 aromatic carbocycles. The number of thiophene rings is 1. The van der Waals surface area contributed by atoms with E-state index in [-0.39, 0.29) is 6.54 Å². The van der Waals surface area contributed by atoms with Gasteiger partial charge in [-0.25, -0.2) is 13.1 Å². The van der Waals surface area contributed by atoms with Gasteiger partial charge < -0.3 is 10.5 Å². The van der Waals surface area contributed by atoms with Gasteiger partial charge in [0.1, 0.15) is 4.21 Å². The third-order valence-electron chi connectivity index (χ3n) is 2.52. The molecule has 19 heavy (non-hydrogen) atoms. The van der Waals surface area contributed by atoms with E-state index in [2.05, 4.69) is 4.72 Å². The number of ether oxygens (including phenoxy) is 1. The summed E-state index contributed by atoms with van der Waals surface area (Å²) in [5.41, 5.74) is 4.94. The Balaban J connectivity index is 2.70. The van der Waals surface area contributed by atoms with Crippen LogP contribution < -0.4 is 10.5 Å². The highest BCUT2D eigenvalue weighted by Gasteiger charge is 2.23. The average molecular weight is 306 g/mol. The van der Waals surface area contributed by atoms with Gasteiger partial charge in [-0.1, -0.05) is 0 Å². The van der Waals surface area contributed by atoms with Crippen molar-refractivity contribution < 1.29 is 13.2 Å². The Hall–Kier alpha value is -0.470.